The summed E-state index contributed by atoms with van der Waals surface area (Å²) in [6, 6.07) is 22.3. The Bertz CT molecular complexity index is 1510. The van der Waals surface area contributed by atoms with Crippen molar-refractivity contribution in [3.63, 3.8) is 0 Å². The van der Waals surface area contributed by atoms with Gasteiger partial charge in [0.1, 0.15) is 5.58 Å². The molecule has 0 saturated heterocycles. The molecule has 0 bridgehead atoms. The van der Waals surface area contributed by atoms with Crippen molar-refractivity contribution < 1.29 is 8.53 Å². The first kappa shape index (κ1) is 17.1. The normalized spacial score (nSPS) is 13.8. The Kier molecular flexibility index (Phi) is 4.23. The standard InChI is InChI=1S/C29H28N2O/c1-19-8-15-24-23-6-5-7-25(27(23)32-28(24)31-19)26-18-21(16-17-30-26)10-9-20-11-13-22(14-12-20)29(2,3)4/h5-8,11-18H,9-10H2,1-4H3/i1D3. The van der Waals surface area contributed by atoms with Crippen molar-refractivity contribution >= 4 is 22.1 Å². The molecule has 3 heteroatoms. The van der Waals surface area contributed by atoms with Crippen molar-refractivity contribution in [2.75, 3.05) is 0 Å². The Morgan fingerprint density at radius 1 is 0.875 bits per heavy atom. The maximum absolute atomic E-state index is 7.64. The first-order valence-corrected chi connectivity index (χ1v) is 11.0. The number of para-hydroxylation sites is 1. The third-order valence-electron chi connectivity index (χ3n) is 5.99. The highest BCUT2D eigenvalue weighted by atomic mass is 16.3. The molecule has 3 heterocycles. The maximum atomic E-state index is 7.64. The van der Waals surface area contributed by atoms with Gasteiger partial charge in [0, 0.05) is 32.3 Å². The number of aromatic nitrogens is 2. The molecule has 3 nitrogen and oxygen atoms in total. The highest BCUT2D eigenvalue weighted by molar-refractivity contribution is 6.08. The third kappa shape index (κ3) is 3.91. The highest BCUT2D eigenvalue weighted by Crippen LogP contribution is 2.34. The van der Waals surface area contributed by atoms with Crippen LogP contribution >= 0.6 is 0 Å². The van der Waals surface area contributed by atoms with Gasteiger partial charge in [-0.3, -0.25) is 4.98 Å². The smallest absolute Gasteiger partial charge is 0.227 e. The molecule has 3 aromatic heterocycles. The minimum atomic E-state index is -2.28. The van der Waals surface area contributed by atoms with Gasteiger partial charge in [-0.1, -0.05) is 57.2 Å². The van der Waals surface area contributed by atoms with Crippen LogP contribution in [-0.2, 0) is 18.3 Å². The quantitative estimate of drug-likeness (QED) is 0.302. The lowest BCUT2D eigenvalue weighted by atomic mass is 9.86. The predicted molar refractivity (Wildman–Crippen MR) is 132 cm³/mol. The number of nitrogens with zero attached hydrogens (tertiary/aromatic N) is 2. The molecule has 160 valence electrons. The van der Waals surface area contributed by atoms with Crippen LogP contribution in [0.4, 0.5) is 0 Å². The minimum absolute atomic E-state index is 0.0289. The molecule has 0 atom stereocenters. The van der Waals surface area contributed by atoms with Crippen LogP contribution in [0.2, 0.25) is 0 Å². The van der Waals surface area contributed by atoms with Crippen molar-refractivity contribution in [1.82, 2.24) is 9.97 Å². The second-order valence-electron chi connectivity index (χ2n) is 9.33. The van der Waals surface area contributed by atoms with Crippen molar-refractivity contribution in [3.05, 3.63) is 95.3 Å². The van der Waals surface area contributed by atoms with Crippen molar-refractivity contribution in [1.29, 1.82) is 0 Å². The molecule has 5 rings (SSSR count). The zero-order chi connectivity index (χ0) is 24.8. The van der Waals surface area contributed by atoms with Crippen LogP contribution in [0.5, 0.6) is 0 Å². The SMILES string of the molecule is [2H]C([2H])([2H])c1ccc2c(n1)oc1c(-c3cc(CCc4ccc(C(C)(C)C)cc4)ccn3)cccc12. The Balaban J connectivity index is 1.44. The third-order valence-corrected chi connectivity index (χ3v) is 5.99. The van der Waals surface area contributed by atoms with E-state index in [9.17, 15) is 0 Å². The van der Waals surface area contributed by atoms with Crippen LogP contribution in [0.3, 0.4) is 0 Å². The molecule has 0 spiro atoms. The van der Waals surface area contributed by atoms with Gasteiger partial charge in [0.15, 0.2) is 0 Å². The lowest BCUT2D eigenvalue weighted by molar-refractivity contribution is 0.590. The number of hydrogen-bond donors (Lipinski definition) is 0. The molecule has 5 aromatic rings. The van der Waals surface area contributed by atoms with Gasteiger partial charge in [0.2, 0.25) is 5.71 Å². The summed E-state index contributed by atoms with van der Waals surface area (Å²) < 4.78 is 29.0. The molecule has 0 N–H and O–H groups in total. The van der Waals surface area contributed by atoms with Crippen molar-refractivity contribution in [2.45, 2.75) is 45.9 Å². The molecule has 0 aliphatic heterocycles. The zero-order valence-electron chi connectivity index (χ0n) is 21.6. The monoisotopic (exact) mass is 423 g/mol. The molecular formula is C29H28N2O. The Morgan fingerprint density at radius 3 is 2.47 bits per heavy atom. The van der Waals surface area contributed by atoms with Crippen LogP contribution in [0.25, 0.3) is 33.3 Å². The van der Waals surface area contributed by atoms with Gasteiger partial charge in [-0.2, -0.15) is 0 Å². The summed E-state index contributed by atoms with van der Waals surface area (Å²) in [6.45, 7) is 4.40. The fourth-order valence-corrected chi connectivity index (χ4v) is 4.12. The molecule has 0 aliphatic carbocycles. The van der Waals surface area contributed by atoms with E-state index < -0.39 is 6.85 Å². The summed E-state index contributed by atoms with van der Waals surface area (Å²) in [5.74, 6) is 0. The summed E-state index contributed by atoms with van der Waals surface area (Å²) in [7, 11) is 0. The number of furan rings is 1. The summed E-state index contributed by atoms with van der Waals surface area (Å²) >= 11 is 0. The number of benzene rings is 2. The number of fused-ring (bicyclic) bond motifs is 3. The molecule has 2 aromatic carbocycles. The van der Waals surface area contributed by atoms with Gasteiger partial charge >= 0.3 is 0 Å². The van der Waals surface area contributed by atoms with Gasteiger partial charge in [0.05, 0.1) is 5.69 Å². The molecule has 0 fully saturated rings. The van der Waals surface area contributed by atoms with E-state index in [-0.39, 0.29) is 11.1 Å². The van der Waals surface area contributed by atoms with Gasteiger partial charge < -0.3 is 4.42 Å². The Labute approximate surface area is 193 Å². The summed E-state index contributed by atoms with van der Waals surface area (Å²) in [4.78, 5) is 8.88. The summed E-state index contributed by atoms with van der Waals surface area (Å²) in [6.07, 6.45) is 3.69. The van der Waals surface area contributed by atoms with Gasteiger partial charge in [-0.25, -0.2) is 4.98 Å². The highest BCUT2D eigenvalue weighted by Gasteiger charge is 2.15. The lowest BCUT2D eigenvalue weighted by Crippen LogP contribution is -2.10. The van der Waals surface area contributed by atoms with E-state index >= 15 is 0 Å². The van der Waals surface area contributed by atoms with Crippen LogP contribution in [0, 0.1) is 6.85 Å². The van der Waals surface area contributed by atoms with Crippen molar-refractivity contribution in [3.8, 4) is 11.3 Å². The number of hydrogen-bond acceptors (Lipinski definition) is 3. The first-order valence-electron chi connectivity index (χ1n) is 12.5. The molecule has 0 aliphatic rings. The average Bonchev–Trinajstić information content (AvgIpc) is 3.20. The maximum Gasteiger partial charge on any atom is 0.227 e. The van der Waals surface area contributed by atoms with E-state index in [0.717, 1.165) is 34.9 Å². The summed E-state index contributed by atoms with van der Waals surface area (Å²) in [5, 5.41) is 1.69. The van der Waals surface area contributed by atoms with Gasteiger partial charge in [0.25, 0.3) is 0 Å². The number of pyridine rings is 2. The molecule has 0 amide bonds. The second kappa shape index (κ2) is 7.90. The Hall–Kier alpha value is -3.46. The summed E-state index contributed by atoms with van der Waals surface area (Å²) in [5.41, 5.74) is 6.72. The Morgan fingerprint density at radius 2 is 1.69 bits per heavy atom. The van der Waals surface area contributed by atoms with E-state index in [1.807, 2.05) is 24.4 Å². The first-order chi connectivity index (χ1) is 16.6. The zero-order valence-corrected chi connectivity index (χ0v) is 18.6. The topological polar surface area (TPSA) is 38.9 Å². The predicted octanol–water partition coefficient (Wildman–Crippen LogP) is 7.43. The molecular weight excluding hydrogens is 392 g/mol. The largest absolute Gasteiger partial charge is 0.437 e. The van der Waals surface area contributed by atoms with Crippen molar-refractivity contribution in [2.24, 2.45) is 0 Å². The van der Waals surface area contributed by atoms with E-state index in [2.05, 4.69) is 67.1 Å². The van der Waals surface area contributed by atoms with Crippen LogP contribution in [0.15, 0.2) is 77.3 Å². The van der Waals surface area contributed by atoms with E-state index in [1.54, 1.807) is 12.1 Å². The molecule has 0 unspecified atom stereocenters. The lowest BCUT2D eigenvalue weighted by Gasteiger charge is -2.19. The van der Waals surface area contributed by atoms with Gasteiger partial charge in [-0.05, 0) is 72.1 Å². The fraction of sp³-hybridized carbons (Fsp3) is 0.241. The number of rotatable bonds is 4. The average molecular weight is 424 g/mol. The van der Waals surface area contributed by atoms with E-state index in [4.69, 9.17) is 8.53 Å². The second-order valence-corrected chi connectivity index (χ2v) is 9.33. The molecule has 32 heavy (non-hydrogen) atoms. The number of aryl methyl sites for hydroxylation is 3. The van der Waals surface area contributed by atoms with Crippen LogP contribution in [0.1, 0.15) is 47.3 Å². The van der Waals surface area contributed by atoms with Crippen LogP contribution in [-0.4, -0.2) is 9.97 Å². The minimum Gasteiger partial charge on any atom is -0.437 e. The van der Waals surface area contributed by atoms with E-state index in [1.165, 1.54) is 16.7 Å². The molecule has 0 saturated carbocycles. The fourth-order valence-electron chi connectivity index (χ4n) is 4.12. The molecule has 0 radical (unpaired) electrons. The van der Waals surface area contributed by atoms with Crippen LogP contribution < -0.4 is 0 Å². The van der Waals surface area contributed by atoms with Gasteiger partial charge in [-0.15, -0.1) is 0 Å². The van der Waals surface area contributed by atoms with E-state index in [0.29, 0.717) is 11.3 Å².